The fourth-order valence-electron chi connectivity index (χ4n) is 2.89. The Hall–Kier alpha value is -2.51. The van der Waals surface area contributed by atoms with Crippen LogP contribution in [0.5, 0.6) is 5.88 Å². The minimum atomic E-state index is -3.57. The maximum atomic E-state index is 13.7. The molecule has 1 fully saturated rings. The van der Waals surface area contributed by atoms with Gasteiger partial charge in [-0.2, -0.15) is 4.31 Å². The van der Waals surface area contributed by atoms with Gasteiger partial charge in [0.25, 0.3) is 0 Å². The Bertz CT molecular complexity index is 1050. The quantitative estimate of drug-likeness (QED) is 0.691. The largest absolute Gasteiger partial charge is 0.472 e. The molecule has 1 aromatic heterocycles. The standard InChI is InChI=1S/C19H17FN2O3S/c20-17-7-3-1-6-15(17)13-26(23,24)22-11-16(12-22)25-19-10-9-14-5-2-4-8-18(14)21-19/h1-10,16H,11-13H2. The van der Waals surface area contributed by atoms with E-state index < -0.39 is 15.8 Å². The molecule has 1 aliphatic heterocycles. The van der Waals surface area contributed by atoms with Crippen LogP contribution < -0.4 is 4.74 Å². The van der Waals surface area contributed by atoms with Gasteiger partial charge in [-0.25, -0.2) is 17.8 Å². The molecule has 2 heterocycles. The number of benzene rings is 2. The lowest BCUT2D eigenvalue weighted by molar-refractivity contribution is 0.0723. The molecular formula is C19H17FN2O3S. The number of aromatic nitrogens is 1. The fourth-order valence-corrected chi connectivity index (χ4v) is 4.49. The summed E-state index contributed by atoms with van der Waals surface area (Å²) in [5.74, 6) is -0.384. The van der Waals surface area contributed by atoms with Crippen LogP contribution in [0.3, 0.4) is 0 Å². The molecule has 0 radical (unpaired) electrons. The molecular weight excluding hydrogens is 355 g/mol. The summed E-state index contributed by atoms with van der Waals surface area (Å²) >= 11 is 0. The average Bonchev–Trinajstić information content (AvgIpc) is 2.59. The molecule has 1 saturated heterocycles. The van der Waals surface area contributed by atoms with Gasteiger partial charge in [-0.05, 0) is 18.2 Å². The van der Waals surface area contributed by atoms with E-state index in [-0.39, 0.29) is 30.5 Å². The smallest absolute Gasteiger partial charge is 0.218 e. The van der Waals surface area contributed by atoms with E-state index in [4.69, 9.17) is 4.74 Å². The molecule has 26 heavy (non-hydrogen) atoms. The molecule has 0 aliphatic carbocycles. The van der Waals surface area contributed by atoms with Crippen molar-refractivity contribution >= 4 is 20.9 Å². The van der Waals surface area contributed by atoms with Crippen molar-refractivity contribution in [3.63, 3.8) is 0 Å². The van der Waals surface area contributed by atoms with Crippen LogP contribution in [0.2, 0.25) is 0 Å². The molecule has 5 nitrogen and oxygen atoms in total. The van der Waals surface area contributed by atoms with Crippen LogP contribution in [0.1, 0.15) is 5.56 Å². The molecule has 0 unspecified atom stereocenters. The van der Waals surface area contributed by atoms with Crippen LogP contribution in [0.15, 0.2) is 60.7 Å². The lowest BCUT2D eigenvalue weighted by atomic mass is 10.2. The Balaban J connectivity index is 1.39. The lowest BCUT2D eigenvalue weighted by Crippen LogP contribution is -2.56. The minimum absolute atomic E-state index is 0.174. The van der Waals surface area contributed by atoms with Gasteiger partial charge in [-0.1, -0.05) is 36.4 Å². The zero-order valence-electron chi connectivity index (χ0n) is 13.9. The first-order valence-corrected chi connectivity index (χ1v) is 9.86. The first-order valence-electron chi connectivity index (χ1n) is 8.25. The van der Waals surface area contributed by atoms with Gasteiger partial charge in [0.05, 0.1) is 24.4 Å². The van der Waals surface area contributed by atoms with Crippen molar-refractivity contribution in [1.29, 1.82) is 0 Å². The number of hydrogen-bond acceptors (Lipinski definition) is 4. The lowest BCUT2D eigenvalue weighted by Gasteiger charge is -2.37. The van der Waals surface area contributed by atoms with Crippen molar-refractivity contribution in [2.45, 2.75) is 11.9 Å². The Morgan fingerprint density at radius 3 is 2.58 bits per heavy atom. The molecule has 0 amide bonds. The van der Waals surface area contributed by atoms with E-state index in [2.05, 4.69) is 4.98 Å². The molecule has 4 rings (SSSR count). The minimum Gasteiger partial charge on any atom is -0.472 e. The molecule has 7 heteroatoms. The van der Waals surface area contributed by atoms with Crippen LogP contribution in [-0.4, -0.2) is 36.9 Å². The predicted octanol–water partition coefficient (Wildman–Crippen LogP) is 2.97. The topological polar surface area (TPSA) is 59.5 Å². The number of halogens is 1. The van der Waals surface area contributed by atoms with Gasteiger partial charge in [0.15, 0.2) is 0 Å². The Morgan fingerprint density at radius 2 is 1.77 bits per heavy atom. The molecule has 134 valence electrons. The third-order valence-corrected chi connectivity index (χ3v) is 6.12. The molecule has 3 aromatic rings. The Kier molecular flexibility index (Phi) is 4.34. The number of pyridine rings is 1. The van der Waals surface area contributed by atoms with E-state index in [1.165, 1.54) is 22.5 Å². The number of sulfonamides is 1. The van der Waals surface area contributed by atoms with Crippen LogP contribution in [0.25, 0.3) is 10.9 Å². The number of fused-ring (bicyclic) bond motifs is 1. The first kappa shape index (κ1) is 16.9. The van der Waals surface area contributed by atoms with E-state index in [1.54, 1.807) is 12.1 Å². The van der Waals surface area contributed by atoms with E-state index in [1.807, 2.05) is 30.3 Å². The fraction of sp³-hybridized carbons (Fsp3) is 0.211. The molecule has 0 spiro atoms. The van der Waals surface area contributed by atoms with Crippen molar-refractivity contribution in [3.8, 4) is 5.88 Å². The number of ether oxygens (including phenoxy) is 1. The van der Waals surface area contributed by atoms with E-state index in [0.29, 0.717) is 5.88 Å². The van der Waals surface area contributed by atoms with Gasteiger partial charge in [-0.3, -0.25) is 0 Å². The zero-order chi connectivity index (χ0) is 18.1. The summed E-state index contributed by atoms with van der Waals surface area (Å²) < 4.78 is 45.5. The van der Waals surface area contributed by atoms with Gasteiger partial charge in [-0.15, -0.1) is 0 Å². The summed E-state index contributed by atoms with van der Waals surface area (Å²) in [5, 5.41) is 1.02. The van der Waals surface area contributed by atoms with Crippen LogP contribution in [-0.2, 0) is 15.8 Å². The number of para-hydroxylation sites is 1. The summed E-state index contributed by atoms with van der Waals surface area (Å²) in [4.78, 5) is 4.42. The molecule has 0 bridgehead atoms. The summed E-state index contributed by atoms with van der Waals surface area (Å²) in [6, 6.07) is 17.3. The summed E-state index contributed by atoms with van der Waals surface area (Å²) in [5.41, 5.74) is 1.00. The van der Waals surface area contributed by atoms with Gasteiger partial charge in [0.1, 0.15) is 11.9 Å². The second-order valence-electron chi connectivity index (χ2n) is 6.25. The summed E-state index contributed by atoms with van der Waals surface area (Å²) in [6.45, 7) is 0.483. The van der Waals surface area contributed by atoms with E-state index in [9.17, 15) is 12.8 Å². The van der Waals surface area contributed by atoms with E-state index >= 15 is 0 Å². The molecule has 0 atom stereocenters. The average molecular weight is 372 g/mol. The molecule has 0 N–H and O–H groups in total. The maximum Gasteiger partial charge on any atom is 0.218 e. The van der Waals surface area contributed by atoms with Crippen molar-refractivity contribution in [2.75, 3.05) is 13.1 Å². The van der Waals surface area contributed by atoms with Crippen LogP contribution >= 0.6 is 0 Å². The predicted molar refractivity (Wildman–Crippen MR) is 96.8 cm³/mol. The third kappa shape index (κ3) is 3.40. The van der Waals surface area contributed by atoms with Crippen LogP contribution in [0.4, 0.5) is 4.39 Å². The van der Waals surface area contributed by atoms with Crippen molar-refractivity contribution in [1.82, 2.24) is 9.29 Å². The van der Waals surface area contributed by atoms with Crippen LogP contribution in [0, 0.1) is 5.82 Å². The highest BCUT2D eigenvalue weighted by Gasteiger charge is 2.37. The summed E-state index contributed by atoms with van der Waals surface area (Å²) in [6.07, 6.45) is -0.251. The van der Waals surface area contributed by atoms with Crippen molar-refractivity contribution in [2.24, 2.45) is 0 Å². The number of hydrogen-bond donors (Lipinski definition) is 0. The SMILES string of the molecule is O=S(=O)(Cc1ccccc1F)N1CC(Oc2ccc3ccccc3n2)C1. The highest BCUT2D eigenvalue weighted by atomic mass is 32.2. The summed E-state index contributed by atoms with van der Waals surface area (Å²) in [7, 11) is -3.57. The third-order valence-electron chi connectivity index (χ3n) is 4.36. The molecule has 0 saturated carbocycles. The van der Waals surface area contributed by atoms with Gasteiger partial charge in [0, 0.05) is 17.0 Å². The maximum absolute atomic E-state index is 13.7. The van der Waals surface area contributed by atoms with Crippen molar-refractivity contribution < 1.29 is 17.5 Å². The van der Waals surface area contributed by atoms with Gasteiger partial charge >= 0.3 is 0 Å². The Morgan fingerprint density at radius 1 is 1.04 bits per heavy atom. The highest BCUT2D eigenvalue weighted by Crippen LogP contribution is 2.23. The highest BCUT2D eigenvalue weighted by molar-refractivity contribution is 7.88. The zero-order valence-corrected chi connectivity index (χ0v) is 14.7. The first-order chi connectivity index (χ1) is 12.5. The van der Waals surface area contributed by atoms with E-state index in [0.717, 1.165) is 10.9 Å². The van der Waals surface area contributed by atoms with Gasteiger partial charge < -0.3 is 4.74 Å². The molecule has 2 aromatic carbocycles. The second-order valence-corrected chi connectivity index (χ2v) is 8.22. The second kappa shape index (κ2) is 6.66. The van der Waals surface area contributed by atoms with Gasteiger partial charge in [0.2, 0.25) is 15.9 Å². The Labute approximate surface area is 151 Å². The normalized spacial score (nSPS) is 15.7. The van der Waals surface area contributed by atoms with Crippen molar-refractivity contribution in [3.05, 3.63) is 72.0 Å². The monoisotopic (exact) mass is 372 g/mol. The molecule has 1 aliphatic rings. The number of rotatable bonds is 5. The number of nitrogens with zero attached hydrogens (tertiary/aromatic N) is 2.